The van der Waals surface area contributed by atoms with E-state index in [2.05, 4.69) is 21.2 Å². The van der Waals surface area contributed by atoms with Gasteiger partial charge in [0.1, 0.15) is 17.3 Å². The largest absolute Gasteiger partial charge is 0.495 e. The van der Waals surface area contributed by atoms with Crippen LogP contribution in [0.5, 0.6) is 11.5 Å². The Labute approximate surface area is 146 Å². The van der Waals surface area contributed by atoms with Gasteiger partial charge in [0, 0.05) is 5.69 Å². The first-order valence-electron chi connectivity index (χ1n) is 6.67. The van der Waals surface area contributed by atoms with Gasteiger partial charge in [-0.25, -0.2) is 4.39 Å². The smallest absolute Gasteiger partial charge is 0.265 e. The maximum absolute atomic E-state index is 13.0. The van der Waals surface area contributed by atoms with Crippen molar-refractivity contribution in [3.63, 3.8) is 0 Å². The topological polar surface area (TPSA) is 47.6 Å². The predicted octanol–water partition coefficient (Wildman–Crippen LogP) is 4.66. The highest BCUT2D eigenvalue weighted by atomic mass is 79.9. The second kappa shape index (κ2) is 7.66. The van der Waals surface area contributed by atoms with Crippen molar-refractivity contribution in [1.29, 1.82) is 0 Å². The molecule has 0 aliphatic heterocycles. The van der Waals surface area contributed by atoms with E-state index in [4.69, 9.17) is 21.1 Å². The zero-order valence-electron chi connectivity index (χ0n) is 12.4. The number of methoxy groups -OCH3 is 1. The van der Waals surface area contributed by atoms with Gasteiger partial charge in [-0.05, 0) is 59.3 Å². The molecule has 0 bridgehead atoms. The fourth-order valence-electron chi connectivity index (χ4n) is 1.80. The first-order valence-corrected chi connectivity index (χ1v) is 7.84. The summed E-state index contributed by atoms with van der Waals surface area (Å²) < 4.78 is 24.1. The van der Waals surface area contributed by atoms with E-state index in [0.717, 1.165) is 0 Å². The maximum Gasteiger partial charge on any atom is 0.265 e. The highest BCUT2D eigenvalue weighted by molar-refractivity contribution is 9.10. The summed E-state index contributed by atoms with van der Waals surface area (Å²) in [6.45, 7) is 1.59. The Morgan fingerprint density at radius 1 is 1.26 bits per heavy atom. The van der Waals surface area contributed by atoms with Gasteiger partial charge in [-0.3, -0.25) is 4.79 Å². The summed E-state index contributed by atoms with van der Waals surface area (Å²) in [5.74, 6) is 0.141. The van der Waals surface area contributed by atoms with Crippen molar-refractivity contribution >= 4 is 39.1 Å². The quantitative estimate of drug-likeness (QED) is 0.791. The Hall–Kier alpha value is -1.79. The number of hydrogen-bond acceptors (Lipinski definition) is 3. The van der Waals surface area contributed by atoms with Crippen LogP contribution in [0.2, 0.25) is 5.02 Å². The van der Waals surface area contributed by atoms with E-state index >= 15 is 0 Å². The summed E-state index contributed by atoms with van der Waals surface area (Å²) >= 11 is 9.20. The van der Waals surface area contributed by atoms with Crippen LogP contribution in [0, 0.1) is 5.82 Å². The second-order valence-electron chi connectivity index (χ2n) is 4.67. The number of ether oxygens (including phenoxy) is 2. The van der Waals surface area contributed by atoms with Gasteiger partial charge in [0.2, 0.25) is 0 Å². The van der Waals surface area contributed by atoms with Crippen molar-refractivity contribution in [3.05, 3.63) is 51.7 Å². The molecule has 0 aliphatic rings. The van der Waals surface area contributed by atoms with Gasteiger partial charge in [-0.2, -0.15) is 0 Å². The van der Waals surface area contributed by atoms with Crippen molar-refractivity contribution < 1.29 is 18.7 Å². The van der Waals surface area contributed by atoms with Crippen LogP contribution in [0.4, 0.5) is 10.1 Å². The van der Waals surface area contributed by atoms with Crippen LogP contribution in [0.15, 0.2) is 40.9 Å². The van der Waals surface area contributed by atoms with Crippen molar-refractivity contribution in [3.8, 4) is 11.5 Å². The molecule has 1 N–H and O–H groups in total. The summed E-state index contributed by atoms with van der Waals surface area (Å²) in [4.78, 5) is 12.2. The van der Waals surface area contributed by atoms with E-state index in [0.29, 0.717) is 26.7 Å². The summed E-state index contributed by atoms with van der Waals surface area (Å²) in [6, 6.07) is 8.88. The van der Waals surface area contributed by atoms with Crippen LogP contribution in [0.1, 0.15) is 6.92 Å². The fraction of sp³-hybridized carbons (Fsp3) is 0.188. The molecular formula is C16H14BrClFNO3. The molecule has 0 spiro atoms. The molecule has 0 saturated carbocycles. The van der Waals surface area contributed by atoms with Crippen LogP contribution in [-0.2, 0) is 4.79 Å². The standard InChI is InChI=1S/C16H14BrClFNO3/c1-9(23-14-5-3-10(19)7-12(14)17)16(21)20-11-4-6-15(22-2)13(18)8-11/h3-9H,1-2H3,(H,20,21). The van der Waals surface area contributed by atoms with Gasteiger partial charge >= 0.3 is 0 Å². The summed E-state index contributed by atoms with van der Waals surface area (Å²) in [7, 11) is 1.51. The van der Waals surface area contributed by atoms with Gasteiger partial charge in [0.05, 0.1) is 16.6 Å². The molecule has 1 amide bonds. The Morgan fingerprint density at radius 3 is 2.57 bits per heavy atom. The number of carbonyl (C=O) groups is 1. The minimum absolute atomic E-state index is 0.359. The maximum atomic E-state index is 13.0. The molecule has 0 heterocycles. The number of halogens is 3. The molecule has 0 aliphatic carbocycles. The third-order valence-corrected chi connectivity index (χ3v) is 3.90. The number of nitrogens with one attached hydrogen (secondary N) is 1. The third-order valence-electron chi connectivity index (χ3n) is 2.99. The lowest BCUT2D eigenvalue weighted by Crippen LogP contribution is -2.30. The minimum atomic E-state index is -0.780. The summed E-state index contributed by atoms with van der Waals surface area (Å²) in [5, 5.41) is 3.08. The lowest BCUT2D eigenvalue weighted by Gasteiger charge is -2.16. The lowest BCUT2D eigenvalue weighted by molar-refractivity contribution is -0.122. The molecule has 2 aromatic rings. The van der Waals surface area contributed by atoms with Crippen LogP contribution < -0.4 is 14.8 Å². The number of anilines is 1. The molecule has 2 rings (SSSR count). The average molecular weight is 403 g/mol. The van der Waals surface area contributed by atoms with Crippen molar-refractivity contribution in [2.24, 2.45) is 0 Å². The van der Waals surface area contributed by atoms with Crippen molar-refractivity contribution in [2.45, 2.75) is 13.0 Å². The highest BCUT2D eigenvalue weighted by Crippen LogP contribution is 2.28. The van der Waals surface area contributed by atoms with E-state index in [-0.39, 0.29) is 5.91 Å². The molecule has 23 heavy (non-hydrogen) atoms. The molecular weight excluding hydrogens is 389 g/mol. The van der Waals surface area contributed by atoms with Crippen LogP contribution in [0.3, 0.4) is 0 Å². The molecule has 0 fully saturated rings. The zero-order chi connectivity index (χ0) is 17.0. The lowest BCUT2D eigenvalue weighted by atomic mass is 10.2. The Bertz CT molecular complexity index is 726. The Morgan fingerprint density at radius 2 is 1.96 bits per heavy atom. The number of rotatable bonds is 5. The monoisotopic (exact) mass is 401 g/mol. The van der Waals surface area contributed by atoms with Crippen molar-refractivity contribution in [2.75, 3.05) is 12.4 Å². The van der Waals surface area contributed by atoms with Gasteiger partial charge in [0.15, 0.2) is 6.10 Å². The normalized spacial score (nSPS) is 11.7. The number of hydrogen-bond donors (Lipinski definition) is 1. The molecule has 2 aromatic carbocycles. The summed E-state index contributed by atoms with van der Waals surface area (Å²) in [5.41, 5.74) is 0.523. The fourth-order valence-corrected chi connectivity index (χ4v) is 2.50. The number of amides is 1. The highest BCUT2D eigenvalue weighted by Gasteiger charge is 2.17. The van der Waals surface area contributed by atoms with Gasteiger partial charge in [0.25, 0.3) is 5.91 Å². The summed E-state index contributed by atoms with van der Waals surface area (Å²) in [6.07, 6.45) is -0.780. The van der Waals surface area contributed by atoms with Gasteiger partial charge < -0.3 is 14.8 Å². The first kappa shape index (κ1) is 17.6. The van der Waals surface area contributed by atoms with E-state index in [9.17, 15) is 9.18 Å². The Kier molecular flexibility index (Phi) is 5.85. The van der Waals surface area contributed by atoms with E-state index in [1.54, 1.807) is 25.1 Å². The molecule has 0 radical (unpaired) electrons. The van der Waals surface area contributed by atoms with Gasteiger partial charge in [-0.1, -0.05) is 11.6 Å². The molecule has 0 aromatic heterocycles. The average Bonchev–Trinajstić information content (AvgIpc) is 2.50. The SMILES string of the molecule is COc1ccc(NC(=O)C(C)Oc2ccc(F)cc2Br)cc1Cl. The molecule has 122 valence electrons. The molecule has 1 atom stereocenters. The number of benzene rings is 2. The van der Waals surface area contributed by atoms with Crippen LogP contribution in [-0.4, -0.2) is 19.1 Å². The van der Waals surface area contributed by atoms with Crippen molar-refractivity contribution in [1.82, 2.24) is 0 Å². The first-order chi connectivity index (χ1) is 10.9. The van der Waals surface area contributed by atoms with Gasteiger partial charge in [-0.15, -0.1) is 0 Å². The van der Waals surface area contributed by atoms with E-state index in [1.165, 1.54) is 25.3 Å². The molecule has 1 unspecified atom stereocenters. The molecule has 7 heteroatoms. The van der Waals surface area contributed by atoms with Crippen LogP contribution >= 0.6 is 27.5 Å². The number of carbonyl (C=O) groups excluding carboxylic acids is 1. The predicted molar refractivity (Wildman–Crippen MR) is 90.8 cm³/mol. The molecule has 4 nitrogen and oxygen atoms in total. The van der Waals surface area contributed by atoms with E-state index < -0.39 is 11.9 Å². The third kappa shape index (κ3) is 4.59. The molecule has 0 saturated heterocycles. The minimum Gasteiger partial charge on any atom is -0.495 e. The second-order valence-corrected chi connectivity index (χ2v) is 5.93. The van der Waals surface area contributed by atoms with Crippen LogP contribution in [0.25, 0.3) is 0 Å². The zero-order valence-corrected chi connectivity index (χ0v) is 14.7. The van der Waals surface area contributed by atoms with E-state index in [1.807, 2.05) is 0 Å². The Balaban J connectivity index is 2.03.